The summed E-state index contributed by atoms with van der Waals surface area (Å²) in [5.41, 5.74) is 0.288. The fourth-order valence-corrected chi connectivity index (χ4v) is 4.71. The Morgan fingerprint density at radius 1 is 1.33 bits per heavy atom. The second-order valence-corrected chi connectivity index (χ2v) is 8.74. The first-order valence-electron chi connectivity index (χ1n) is 10.0. The van der Waals surface area contributed by atoms with Crippen LogP contribution in [-0.2, 0) is 17.9 Å². The number of aromatic nitrogens is 2. The molecule has 0 aliphatic carbocycles. The average molecular weight is 429 g/mol. The van der Waals surface area contributed by atoms with Crippen molar-refractivity contribution in [1.29, 1.82) is 0 Å². The summed E-state index contributed by atoms with van der Waals surface area (Å²) >= 11 is 1.18. The van der Waals surface area contributed by atoms with Crippen molar-refractivity contribution in [2.45, 2.75) is 39.8 Å². The summed E-state index contributed by atoms with van der Waals surface area (Å²) in [6.45, 7) is 5.60. The molecule has 2 amide bonds. The normalized spacial score (nSPS) is 14.9. The minimum absolute atomic E-state index is 0.0362. The summed E-state index contributed by atoms with van der Waals surface area (Å²) in [6, 6.07) is 3.53. The van der Waals surface area contributed by atoms with Gasteiger partial charge in [-0.05, 0) is 43.4 Å². The molecule has 3 aromatic rings. The van der Waals surface area contributed by atoms with Crippen LogP contribution in [0.25, 0.3) is 10.2 Å². The van der Waals surface area contributed by atoms with Crippen molar-refractivity contribution in [3.63, 3.8) is 0 Å². The molecule has 8 nitrogen and oxygen atoms in total. The zero-order chi connectivity index (χ0) is 21.3. The van der Waals surface area contributed by atoms with Gasteiger partial charge < -0.3 is 14.6 Å². The first-order valence-corrected chi connectivity index (χ1v) is 10.8. The molecule has 4 heterocycles. The summed E-state index contributed by atoms with van der Waals surface area (Å²) in [5, 5.41) is 3.19. The molecule has 0 aromatic carbocycles. The van der Waals surface area contributed by atoms with E-state index in [1.54, 1.807) is 25.3 Å². The minimum atomic E-state index is -0.294. The van der Waals surface area contributed by atoms with Gasteiger partial charge in [-0.15, -0.1) is 11.3 Å². The Balaban J connectivity index is 1.53. The molecule has 0 spiro atoms. The number of nitrogens with one attached hydrogen (secondary N) is 1. The molecule has 9 heteroatoms. The highest BCUT2D eigenvalue weighted by atomic mass is 32.1. The Hall–Kier alpha value is -2.94. The van der Waals surface area contributed by atoms with Gasteiger partial charge in [0, 0.05) is 13.1 Å². The van der Waals surface area contributed by atoms with E-state index < -0.39 is 0 Å². The third kappa shape index (κ3) is 4.02. The van der Waals surface area contributed by atoms with E-state index in [0.29, 0.717) is 32.3 Å². The van der Waals surface area contributed by atoms with Crippen molar-refractivity contribution in [2.75, 3.05) is 13.1 Å². The SMILES string of the molecule is Cc1c(C(=O)NCc2ccco2)sc2ncn(CC(=O)N3CCC(C)CC3)c(=O)c12. The van der Waals surface area contributed by atoms with Crippen molar-refractivity contribution in [2.24, 2.45) is 5.92 Å². The second kappa shape index (κ2) is 8.43. The van der Waals surface area contributed by atoms with Gasteiger partial charge in [0.1, 0.15) is 17.1 Å². The molecule has 1 saturated heterocycles. The number of rotatable bonds is 5. The van der Waals surface area contributed by atoms with E-state index in [-0.39, 0.29) is 30.5 Å². The smallest absolute Gasteiger partial charge is 0.262 e. The number of furan rings is 1. The van der Waals surface area contributed by atoms with Gasteiger partial charge in [0.2, 0.25) is 5.91 Å². The Morgan fingerprint density at radius 3 is 2.80 bits per heavy atom. The van der Waals surface area contributed by atoms with Crippen molar-refractivity contribution in [3.05, 3.63) is 51.3 Å². The zero-order valence-electron chi connectivity index (χ0n) is 17.0. The highest BCUT2D eigenvalue weighted by molar-refractivity contribution is 7.20. The highest BCUT2D eigenvalue weighted by Crippen LogP contribution is 2.27. The molecule has 158 valence electrons. The lowest BCUT2D eigenvalue weighted by Crippen LogP contribution is -2.41. The molecule has 0 unspecified atom stereocenters. The lowest BCUT2D eigenvalue weighted by Gasteiger charge is -2.30. The maximum absolute atomic E-state index is 13.0. The zero-order valence-corrected chi connectivity index (χ0v) is 17.8. The number of piperidine rings is 1. The van der Waals surface area contributed by atoms with Crippen molar-refractivity contribution in [1.82, 2.24) is 19.8 Å². The Kier molecular flexibility index (Phi) is 5.72. The van der Waals surface area contributed by atoms with Gasteiger partial charge in [-0.2, -0.15) is 0 Å². The summed E-state index contributed by atoms with van der Waals surface area (Å²) in [5.74, 6) is 0.916. The minimum Gasteiger partial charge on any atom is -0.467 e. The van der Waals surface area contributed by atoms with Crippen LogP contribution in [0.1, 0.15) is 40.8 Å². The van der Waals surface area contributed by atoms with E-state index in [9.17, 15) is 14.4 Å². The molecule has 0 bridgehead atoms. The van der Waals surface area contributed by atoms with Gasteiger partial charge in [0.05, 0.1) is 29.4 Å². The summed E-state index contributed by atoms with van der Waals surface area (Å²) in [4.78, 5) is 45.3. The molecular weight excluding hydrogens is 404 g/mol. The van der Waals surface area contributed by atoms with E-state index in [1.807, 2.05) is 4.90 Å². The maximum Gasteiger partial charge on any atom is 0.262 e. The molecule has 0 saturated carbocycles. The number of nitrogens with zero attached hydrogens (tertiary/aromatic N) is 3. The predicted molar refractivity (Wildman–Crippen MR) is 113 cm³/mol. The van der Waals surface area contributed by atoms with Gasteiger partial charge in [-0.3, -0.25) is 19.0 Å². The van der Waals surface area contributed by atoms with Gasteiger partial charge in [0.15, 0.2) is 0 Å². The molecule has 30 heavy (non-hydrogen) atoms. The summed E-state index contributed by atoms with van der Waals surface area (Å²) in [6.07, 6.45) is 4.91. The number of thiophene rings is 1. The number of hydrogen-bond acceptors (Lipinski definition) is 6. The number of hydrogen-bond donors (Lipinski definition) is 1. The van der Waals surface area contributed by atoms with Crippen LogP contribution in [0.2, 0.25) is 0 Å². The standard InChI is InChI=1S/C21H24N4O4S/c1-13-5-7-24(8-6-13)16(26)11-25-12-23-20-17(21(25)28)14(2)18(30-20)19(27)22-10-15-4-3-9-29-15/h3-4,9,12-13H,5-8,10-11H2,1-2H3,(H,22,27). The fraction of sp³-hybridized carbons (Fsp3) is 0.429. The highest BCUT2D eigenvalue weighted by Gasteiger charge is 2.23. The van der Waals surface area contributed by atoms with E-state index >= 15 is 0 Å². The lowest BCUT2D eigenvalue weighted by molar-refractivity contribution is -0.133. The molecule has 1 N–H and O–H groups in total. The molecule has 4 rings (SSSR count). The molecular formula is C21H24N4O4S. The van der Waals surface area contributed by atoms with E-state index in [2.05, 4.69) is 17.2 Å². The summed E-state index contributed by atoms with van der Waals surface area (Å²) < 4.78 is 6.56. The number of aryl methyl sites for hydroxylation is 1. The van der Waals surface area contributed by atoms with E-state index in [1.165, 1.54) is 22.2 Å². The lowest BCUT2D eigenvalue weighted by atomic mass is 9.99. The number of likely N-dealkylation sites (tertiary alicyclic amines) is 1. The van der Waals surface area contributed by atoms with Crippen LogP contribution in [-0.4, -0.2) is 39.4 Å². The molecule has 0 atom stereocenters. The third-order valence-electron chi connectivity index (χ3n) is 5.57. The summed E-state index contributed by atoms with van der Waals surface area (Å²) in [7, 11) is 0. The van der Waals surface area contributed by atoms with Crippen molar-refractivity contribution >= 4 is 33.4 Å². The quantitative estimate of drug-likeness (QED) is 0.674. The largest absolute Gasteiger partial charge is 0.467 e. The number of fused-ring (bicyclic) bond motifs is 1. The van der Waals surface area contributed by atoms with Crippen LogP contribution in [0.5, 0.6) is 0 Å². The molecule has 1 aliphatic heterocycles. The van der Waals surface area contributed by atoms with Gasteiger partial charge in [0.25, 0.3) is 11.5 Å². The Morgan fingerprint density at radius 2 is 2.10 bits per heavy atom. The fourth-order valence-electron chi connectivity index (χ4n) is 3.65. The first-order chi connectivity index (χ1) is 14.4. The Bertz CT molecular complexity index is 1120. The topological polar surface area (TPSA) is 97.4 Å². The molecule has 1 fully saturated rings. The van der Waals surface area contributed by atoms with Crippen molar-refractivity contribution < 1.29 is 14.0 Å². The van der Waals surface area contributed by atoms with Crippen LogP contribution < -0.4 is 10.9 Å². The maximum atomic E-state index is 13.0. The monoisotopic (exact) mass is 428 g/mol. The predicted octanol–water partition coefficient (Wildman–Crippen LogP) is 2.55. The molecule has 0 radical (unpaired) electrons. The van der Waals surface area contributed by atoms with Gasteiger partial charge in [-0.25, -0.2) is 4.98 Å². The van der Waals surface area contributed by atoms with Gasteiger partial charge >= 0.3 is 0 Å². The second-order valence-electron chi connectivity index (χ2n) is 7.74. The number of carbonyl (C=O) groups excluding carboxylic acids is 2. The number of carbonyl (C=O) groups is 2. The van der Waals surface area contributed by atoms with Crippen LogP contribution in [0, 0.1) is 12.8 Å². The number of amides is 2. The first kappa shape index (κ1) is 20.3. The van der Waals surface area contributed by atoms with Crippen LogP contribution in [0.15, 0.2) is 33.9 Å². The Labute approximate surface area is 177 Å². The van der Waals surface area contributed by atoms with Crippen molar-refractivity contribution in [3.8, 4) is 0 Å². The third-order valence-corrected chi connectivity index (χ3v) is 6.77. The molecule has 1 aliphatic rings. The van der Waals surface area contributed by atoms with Crippen LogP contribution >= 0.6 is 11.3 Å². The van der Waals surface area contributed by atoms with E-state index in [4.69, 9.17) is 4.42 Å². The van der Waals surface area contributed by atoms with E-state index in [0.717, 1.165) is 25.9 Å². The molecule has 3 aromatic heterocycles. The van der Waals surface area contributed by atoms with Crippen LogP contribution in [0.4, 0.5) is 0 Å². The van der Waals surface area contributed by atoms with Gasteiger partial charge in [-0.1, -0.05) is 6.92 Å². The van der Waals surface area contributed by atoms with Crippen LogP contribution in [0.3, 0.4) is 0 Å². The average Bonchev–Trinajstić information content (AvgIpc) is 3.37.